The average molecular weight is 476 g/mol. The monoisotopic (exact) mass is 475 g/mol. The lowest BCUT2D eigenvalue weighted by Crippen LogP contribution is -2.40. The lowest BCUT2D eigenvalue weighted by molar-refractivity contribution is -0.122. The zero-order valence-electron chi connectivity index (χ0n) is 18.1. The van der Waals surface area contributed by atoms with Crippen molar-refractivity contribution < 1.29 is 22.7 Å². The molecule has 8 nitrogen and oxygen atoms in total. The summed E-state index contributed by atoms with van der Waals surface area (Å²) in [5.74, 6) is 0.850. The Kier molecular flexibility index (Phi) is 6.36. The summed E-state index contributed by atoms with van der Waals surface area (Å²) in [6.45, 7) is 0.575. The summed E-state index contributed by atoms with van der Waals surface area (Å²) in [4.78, 5) is 18.0. The molecule has 1 aromatic heterocycles. The number of carbonyl (C=O) groups is 1. The molecule has 10 heteroatoms. The number of thiazole rings is 1. The molecule has 0 radical (unpaired) electrons. The van der Waals surface area contributed by atoms with Crippen LogP contribution in [0.1, 0.15) is 12.8 Å². The molecule has 32 heavy (non-hydrogen) atoms. The van der Waals surface area contributed by atoms with Gasteiger partial charge in [0.1, 0.15) is 11.5 Å². The number of carbonyl (C=O) groups excluding carboxylic acids is 1. The minimum Gasteiger partial charge on any atom is -0.497 e. The van der Waals surface area contributed by atoms with Gasteiger partial charge < -0.3 is 14.0 Å². The van der Waals surface area contributed by atoms with Crippen LogP contribution in [-0.2, 0) is 21.9 Å². The van der Waals surface area contributed by atoms with Gasteiger partial charge in [0.2, 0.25) is 10.0 Å². The third kappa shape index (κ3) is 4.30. The molecule has 0 spiro atoms. The summed E-state index contributed by atoms with van der Waals surface area (Å²) >= 11 is 1.43. The Morgan fingerprint density at radius 2 is 1.66 bits per heavy atom. The predicted molar refractivity (Wildman–Crippen MR) is 122 cm³/mol. The molecule has 1 aliphatic rings. The molecule has 0 atom stereocenters. The van der Waals surface area contributed by atoms with E-state index in [0.717, 1.165) is 16.0 Å². The van der Waals surface area contributed by atoms with Gasteiger partial charge in [-0.25, -0.2) is 8.42 Å². The number of piperidine rings is 1. The van der Waals surface area contributed by atoms with E-state index in [9.17, 15) is 13.2 Å². The molecule has 2 aromatic carbocycles. The highest BCUT2D eigenvalue weighted by Crippen LogP contribution is 2.26. The maximum Gasteiger partial charge on any atom is 0.251 e. The second-order valence-electron chi connectivity index (χ2n) is 7.58. The van der Waals surface area contributed by atoms with Gasteiger partial charge in [0.15, 0.2) is 4.80 Å². The van der Waals surface area contributed by atoms with Crippen LogP contribution in [0.2, 0.25) is 0 Å². The summed E-state index contributed by atoms with van der Waals surface area (Å²) in [6, 6.07) is 12.1. The topological polar surface area (TPSA) is 90.2 Å². The third-order valence-electron chi connectivity index (χ3n) is 5.72. The number of sulfonamides is 1. The molecule has 0 aliphatic carbocycles. The van der Waals surface area contributed by atoms with Gasteiger partial charge in [-0.3, -0.25) is 4.79 Å². The van der Waals surface area contributed by atoms with E-state index in [-0.39, 0.29) is 29.8 Å². The number of benzene rings is 2. The fourth-order valence-corrected chi connectivity index (χ4v) is 6.30. The van der Waals surface area contributed by atoms with E-state index in [1.807, 2.05) is 29.8 Å². The zero-order valence-corrected chi connectivity index (χ0v) is 19.8. The van der Waals surface area contributed by atoms with E-state index < -0.39 is 10.0 Å². The number of nitrogens with zero attached hydrogens (tertiary/aromatic N) is 3. The molecular formula is C22H25N3O5S2. The summed E-state index contributed by atoms with van der Waals surface area (Å²) in [5, 5.41) is 0. The number of methoxy groups -OCH3 is 2. The number of amides is 1. The van der Waals surface area contributed by atoms with Gasteiger partial charge in [0.05, 0.1) is 29.3 Å². The molecule has 0 saturated carbocycles. The Balaban J connectivity index is 1.47. The first kappa shape index (κ1) is 22.5. The normalized spacial score (nSPS) is 16.4. The van der Waals surface area contributed by atoms with Crippen molar-refractivity contribution in [1.82, 2.24) is 8.87 Å². The first-order valence-electron chi connectivity index (χ1n) is 10.2. The number of hydrogen-bond acceptors (Lipinski definition) is 6. The number of aromatic nitrogens is 1. The molecule has 1 aliphatic heterocycles. The lowest BCUT2D eigenvalue weighted by atomic mass is 9.98. The van der Waals surface area contributed by atoms with Crippen molar-refractivity contribution in [3.63, 3.8) is 0 Å². The Morgan fingerprint density at radius 1 is 1.03 bits per heavy atom. The second-order valence-corrected chi connectivity index (χ2v) is 10.5. The Bertz CT molecular complexity index is 1300. The fraction of sp³-hybridized carbons (Fsp3) is 0.364. The molecule has 2 heterocycles. The highest BCUT2D eigenvalue weighted by Gasteiger charge is 2.32. The van der Waals surface area contributed by atoms with Crippen LogP contribution in [-0.4, -0.2) is 50.5 Å². The minimum absolute atomic E-state index is 0.208. The van der Waals surface area contributed by atoms with Gasteiger partial charge in [-0.1, -0.05) is 11.3 Å². The van der Waals surface area contributed by atoms with E-state index in [4.69, 9.17) is 9.47 Å². The third-order valence-corrected chi connectivity index (χ3v) is 8.73. The Morgan fingerprint density at radius 3 is 2.28 bits per heavy atom. The van der Waals surface area contributed by atoms with E-state index in [1.165, 1.54) is 34.9 Å². The van der Waals surface area contributed by atoms with Crippen molar-refractivity contribution in [1.29, 1.82) is 0 Å². The van der Waals surface area contributed by atoms with Gasteiger partial charge in [-0.2, -0.15) is 9.30 Å². The highest BCUT2D eigenvalue weighted by atomic mass is 32.2. The standard InChI is InChI=1S/C22H25N3O5S2/c1-24-19-9-6-17(30-3)14-20(19)31-22(24)23-21(26)15-10-12-25(13-11-15)32(27,28)18-7-4-16(29-2)5-8-18/h4-9,14-15H,10-13H2,1-3H3. The zero-order chi connectivity index (χ0) is 22.9. The van der Waals surface area contributed by atoms with Crippen molar-refractivity contribution in [2.75, 3.05) is 27.3 Å². The SMILES string of the molecule is COc1ccc(S(=O)(=O)N2CCC(C(=O)N=c3sc4cc(OC)ccc4n3C)CC2)cc1. The van der Waals surface area contributed by atoms with Crippen LogP contribution < -0.4 is 14.3 Å². The van der Waals surface area contributed by atoms with E-state index >= 15 is 0 Å². The predicted octanol–water partition coefficient (Wildman–Crippen LogP) is 2.79. The lowest BCUT2D eigenvalue weighted by Gasteiger charge is -2.29. The van der Waals surface area contributed by atoms with Gasteiger partial charge >= 0.3 is 0 Å². The Labute approximate surface area is 190 Å². The van der Waals surface area contributed by atoms with Crippen LogP contribution in [0.25, 0.3) is 10.2 Å². The van der Waals surface area contributed by atoms with Crippen molar-refractivity contribution in [2.45, 2.75) is 17.7 Å². The molecule has 4 rings (SSSR count). The summed E-state index contributed by atoms with van der Waals surface area (Å²) in [5.41, 5.74) is 0.975. The molecule has 0 bridgehead atoms. The molecule has 1 fully saturated rings. The average Bonchev–Trinajstić information content (AvgIpc) is 3.13. The smallest absolute Gasteiger partial charge is 0.251 e. The van der Waals surface area contributed by atoms with E-state index in [0.29, 0.717) is 23.4 Å². The number of aryl methyl sites for hydroxylation is 1. The molecule has 170 valence electrons. The quantitative estimate of drug-likeness (QED) is 0.566. The second kappa shape index (κ2) is 9.05. The number of hydrogen-bond donors (Lipinski definition) is 0. The number of rotatable bonds is 5. The molecule has 1 saturated heterocycles. The van der Waals surface area contributed by atoms with Crippen LogP contribution >= 0.6 is 11.3 Å². The van der Waals surface area contributed by atoms with Crippen LogP contribution in [0.3, 0.4) is 0 Å². The molecular weight excluding hydrogens is 450 g/mol. The maximum absolute atomic E-state index is 12.9. The van der Waals surface area contributed by atoms with Crippen molar-refractivity contribution in [3.05, 3.63) is 47.3 Å². The first-order valence-corrected chi connectivity index (χ1v) is 12.5. The molecule has 3 aromatic rings. The highest BCUT2D eigenvalue weighted by molar-refractivity contribution is 7.89. The first-order chi connectivity index (χ1) is 15.3. The van der Waals surface area contributed by atoms with Gasteiger partial charge in [0.25, 0.3) is 5.91 Å². The molecule has 0 N–H and O–H groups in total. The summed E-state index contributed by atoms with van der Waals surface area (Å²) in [6.07, 6.45) is 0.889. The number of ether oxygens (including phenoxy) is 2. The minimum atomic E-state index is -3.60. The fourth-order valence-electron chi connectivity index (χ4n) is 3.77. The van der Waals surface area contributed by atoms with Crippen molar-refractivity contribution >= 4 is 37.5 Å². The number of fused-ring (bicyclic) bond motifs is 1. The van der Waals surface area contributed by atoms with Crippen LogP contribution in [0, 0.1) is 5.92 Å². The molecule has 1 amide bonds. The van der Waals surface area contributed by atoms with Crippen LogP contribution in [0.5, 0.6) is 11.5 Å². The van der Waals surface area contributed by atoms with Crippen molar-refractivity contribution in [2.24, 2.45) is 18.0 Å². The van der Waals surface area contributed by atoms with Crippen molar-refractivity contribution in [3.8, 4) is 11.5 Å². The maximum atomic E-state index is 12.9. The summed E-state index contributed by atoms with van der Waals surface area (Å²) < 4.78 is 40.5. The van der Waals surface area contributed by atoms with E-state index in [2.05, 4.69) is 4.99 Å². The largest absolute Gasteiger partial charge is 0.497 e. The van der Waals surface area contributed by atoms with Gasteiger partial charge in [0, 0.05) is 26.1 Å². The van der Waals surface area contributed by atoms with Crippen LogP contribution in [0.4, 0.5) is 0 Å². The van der Waals surface area contributed by atoms with E-state index in [1.54, 1.807) is 19.2 Å². The van der Waals surface area contributed by atoms with Gasteiger partial charge in [-0.15, -0.1) is 0 Å². The van der Waals surface area contributed by atoms with Crippen LogP contribution in [0.15, 0.2) is 52.4 Å². The van der Waals surface area contributed by atoms with Gasteiger partial charge in [-0.05, 0) is 55.3 Å². The Hall–Kier alpha value is -2.69. The summed E-state index contributed by atoms with van der Waals surface area (Å²) in [7, 11) is 1.42. The molecule has 0 unspecified atom stereocenters.